The van der Waals surface area contributed by atoms with Crippen LogP contribution < -0.4 is 16.2 Å². The molecule has 52 heavy (non-hydrogen) atoms. The second-order valence-electron chi connectivity index (χ2n) is 12.6. The normalized spacial score (nSPS) is 19.4. The zero-order valence-electron chi connectivity index (χ0n) is 27.5. The van der Waals surface area contributed by atoms with Gasteiger partial charge in [0, 0.05) is 54.4 Å². The lowest BCUT2D eigenvalue weighted by Crippen LogP contribution is -2.60. The number of amides is 4. The summed E-state index contributed by atoms with van der Waals surface area (Å²) in [5, 5.41) is 15.1. The fourth-order valence-corrected chi connectivity index (χ4v) is 7.10. The quantitative estimate of drug-likeness (QED) is 0.176. The molecule has 2 aliphatic heterocycles. The standard InChI is InChI=1S/C34H32F2N7O8P/c1-19(44)41-13-11-23-8-10-29(31(46)39-26-12-14-42(32(47)24(26)17-37)22-5-3-2-4-6-22)43(23)33(48)28(18-41)40-30(45)27-16-20-15-21(7-9-25(20)38-27)34(35,36)52(49,50)51/h2-7,9,12,14-16,23,28-29,38H,8,10-11,13,18H2,1H3,(H,39,46)(H,40,45)(H2,49,50,51)/t23-,28?,29+/m1/s1. The first-order valence-electron chi connectivity index (χ1n) is 16.1. The molecular formula is C34H32F2N7O8P. The van der Waals surface area contributed by atoms with Crippen LogP contribution in [-0.2, 0) is 24.6 Å². The number of anilines is 1. The van der Waals surface area contributed by atoms with Crippen LogP contribution in [0.15, 0.2) is 71.7 Å². The lowest BCUT2D eigenvalue weighted by Gasteiger charge is -2.38. The molecule has 0 saturated carbocycles. The van der Waals surface area contributed by atoms with E-state index in [4.69, 9.17) is 9.79 Å². The van der Waals surface area contributed by atoms with E-state index in [1.807, 2.05) is 6.07 Å². The Labute approximate surface area is 294 Å². The number of H-pyrrole nitrogens is 1. The zero-order valence-corrected chi connectivity index (χ0v) is 28.3. The summed E-state index contributed by atoms with van der Waals surface area (Å²) < 4.78 is 41.3. The lowest BCUT2D eigenvalue weighted by atomic mass is 10.1. The largest absolute Gasteiger partial charge is 0.399 e. The molecule has 2 fully saturated rings. The number of nitrogens with zero attached hydrogens (tertiary/aromatic N) is 4. The lowest BCUT2D eigenvalue weighted by molar-refractivity contribution is -0.143. The number of halogens is 2. The van der Waals surface area contributed by atoms with Crippen LogP contribution in [-0.4, -0.2) is 84.0 Å². The summed E-state index contributed by atoms with van der Waals surface area (Å²) in [7, 11) is -5.85. The van der Waals surface area contributed by atoms with Crippen LogP contribution in [0.3, 0.4) is 0 Å². The van der Waals surface area contributed by atoms with Gasteiger partial charge in [0.2, 0.25) is 17.7 Å². The van der Waals surface area contributed by atoms with Gasteiger partial charge in [-0.05, 0) is 55.7 Å². The van der Waals surface area contributed by atoms with Crippen LogP contribution in [0.2, 0.25) is 0 Å². The molecule has 0 bridgehead atoms. The first kappa shape index (κ1) is 36.1. The van der Waals surface area contributed by atoms with E-state index in [1.54, 1.807) is 30.3 Å². The number of fused-ring (bicyclic) bond motifs is 2. The van der Waals surface area contributed by atoms with Crippen molar-refractivity contribution in [3.63, 3.8) is 0 Å². The second-order valence-corrected chi connectivity index (χ2v) is 14.2. The van der Waals surface area contributed by atoms with Crippen molar-refractivity contribution < 1.29 is 42.3 Å². The summed E-state index contributed by atoms with van der Waals surface area (Å²) in [4.78, 5) is 90.9. The number of aromatic amines is 1. The van der Waals surface area contributed by atoms with Crippen molar-refractivity contribution in [2.24, 2.45) is 0 Å². The van der Waals surface area contributed by atoms with E-state index in [-0.39, 0.29) is 53.3 Å². The van der Waals surface area contributed by atoms with Crippen LogP contribution in [0.4, 0.5) is 14.5 Å². The number of nitriles is 1. The fourth-order valence-electron chi connectivity index (χ4n) is 6.63. The molecule has 2 aliphatic rings. The third-order valence-corrected chi connectivity index (χ3v) is 10.3. The molecule has 4 amide bonds. The highest BCUT2D eigenvalue weighted by molar-refractivity contribution is 7.52. The van der Waals surface area contributed by atoms with Gasteiger partial charge in [0.05, 0.1) is 5.69 Å². The van der Waals surface area contributed by atoms with Gasteiger partial charge in [0.1, 0.15) is 29.4 Å². The minimum Gasteiger partial charge on any atom is -0.351 e. The maximum Gasteiger partial charge on any atom is 0.399 e. The molecular weight excluding hydrogens is 703 g/mol. The van der Waals surface area contributed by atoms with Crippen molar-refractivity contribution in [3.8, 4) is 11.8 Å². The number of aromatic nitrogens is 2. The van der Waals surface area contributed by atoms with Crippen molar-refractivity contribution in [1.82, 2.24) is 24.7 Å². The van der Waals surface area contributed by atoms with E-state index in [9.17, 15) is 42.6 Å². The van der Waals surface area contributed by atoms with Crippen LogP contribution in [0.25, 0.3) is 16.6 Å². The Bertz CT molecular complexity index is 2250. The van der Waals surface area contributed by atoms with Crippen LogP contribution >= 0.6 is 7.60 Å². The van der Waals surface area contributed by atoms with Gasteiger partial charge in [-0.1, -0.05) is 24.3 Å². The van der Waals surface area contributed by atoms with Crippen molar-refractivity contribution in [2.45, 2.75) is 50.0 Å². The average Bonchev–Trinajstić information content (AvgIpc) is 3.73. The highest BCUT2D eigenvalue weighted by Gasteiger charge is 2.50. The van der Waals surface area contributed by atoms with Gasteiger partial charge in [-0.3, -0.25) is 33.1 Å². The van der Waals surface area contributed by atoms with E-state index >= 15 is 0 Å². The summed E-state index contributed by atoms with van der Waals surface area (Å²) >= 11 is 0. The average molecular weight is 736 g/mol. The maximum atomic E-state index is 14.4. The number of alkyl halides is 2. The fraction of sp³-hybridized carbons (Fsp3) is 0.294. The molecule has 2 aromatic heterocycles. The van der Waals surface area contributed by atoms with Crippen molar-refractivity contribution in [2.75, 3.05) is 18.4 Å². The van der Waals surface area contributed by atoms with Crippen molar-refractivity contribution in [3.05, 3.63) is 94.0 Å². The molecule has 2 aromatic carbocycles. The highest BCUT2D eigenvalue weighted by Crippen LogP contribution is 2.59. The number of rotatable bonds is 7. The first-order valence-corrected chi connectivity index (χ1v) is 17.7. The maximum absolute atomic E-state index is 14.4. The predicted molar refractivity (Wildman–Crippen MR) is 181 cm³/mol. The third kappa shape index (κ3) is 6.71. The number of nitrogens with one attached hydrogen (secondary N) is 3. The number of pyridine rings is 1. The van der Waals surface area contributed by atoms with Gasteiger partial charge in [0.25, 0.3) is 11.5 Å². The molecule has 5 N–H and O–H groups in total. The van der Waals surface area contributed by atoms with Gasteiger partial charge >= 0.3 is 13.3 Å². The SMILES string of the molecule is CC(=O)N1CC[C@H]2CC[C@@H](C(=O)Nc3ccn(-c4ccccc4)c(=O)c3C#N)N2C(=O)C(NC(=O)c2cc3cc(C(F)(F)P(=O)(O)O)ccc3[nH]2)C1. The van der Waals surface area contributed by atoms with Gasteiger partial charge in [-0.25, -0.2) is 0 Å². The Balaban J connectivity index is 1.25. The van der Waals surface area contributed by atoms with Gasteiger partial charge in [-0.15, -0.1) is 0 Å². The first-order chi connectivity index (χ1) is 24.6. The number of para-hydroxylation sites is 1. The molecule has 6 rings (SSSR count). The number of benzene rings is 2. The minimum absolute atomic E-state index is 0.0367. The number of hydrogen-bond donors (Lipinski definition) is 5. The Morgan fingerprint density at radius 3 is 2.44 bits per heavy atom. The number of hydrogen-bond acceptors (Lipinski definition) is 7. The zero-order chi connectivity index (χ0) is 37.5. The predicted octanol–water partition coefficient (Wildman–Crippen LogP) is 2.77. The molecule has 4 aromatic rings. The van der Waals surface area contributed by atoms with E-state index in [0.29, 0.717) is 18.5 Å². The van der Waals surface area contributed by atoms with E-state index in [1.165, 1.54) is 39.6 Å². The molecule has 270 valence electrons. The second kappa shape index (κ2) is 13.8. The summed E-state index contributed by atoms with van der Waals surface area (Å²) in [6.07, 6.45) is 2.37. The van der Waals surface area contributed by atoms with Crippen LogP contribution in [0.5, 0.6) is 0 Å². The Morgan fingerprint density at radius 2 is 1.77 bits per heavy atom. The Kier molecular flexibility index (Phi) is 9.58. The molecule has 4 heterocycles. The Hall–Kier alpha value is -5.69. The monoisotopic (exact) mass is 735 g/mol. The van der Waals surface area contributed by atoms with Crippen LogP contribution in [0.1, 0.15) is 47.8 Å². The van der Waals surface area contributed by atoms with E-state index in [0.717, 1.165) is 18.2 Å². The van der Waals surface area contributed by atoms with Gasteiger partial charge in [-0.2, -0.15) is 14.0 Å². The molecule has 18 heteroatoms. The van der Waals surface area contributed by atoms with Crippen molar-refractivity contribution in [1.29, 1.82) is 5.26 Å². The molecule has 3 atom stereocenters. The topological polar surface area (TPSA) is 218 Å². The summed E-state index contributed by atoms with van der Waals surface area (Å²) in [5.41, 5.74) is -5.92. The van der Waals surface area contributed by atoms with Gasteiger partial charge < -0.3 is 35.2 Å². The number of carbonyl (C=O) groups excluding carboxylic acids is 4. The molecule has 0 spiro atoms. The summed E-state index contributed by atoms with van der Waals surface area (Å²) in [6.45, 7) is 1.28. The highest BCUT2D eigenvalue weighted by atomic mass is 31.2. The molecule has 2 saturated heterocycles. The smallest absolute Gasteiger partial charge is 0.351 e. The summed E-state index contributed by atoms with van der Waals surface area (Å²) in [6, 6.07) is 12.9. The van der Waals surface area contributed by atoms with E-state index in [2.05, 4.69) is 15.6 Å². The molecule has 0 radical (unpaired) electrons. The summed E-state index contributed by atoms with van der Waals surface area (Å²) in [5.74, 6) is -2.53. The third-order valence-electron chi connectivity index (χ3n) is 9.32. The Morgan fingerprint density at radius 1 is 1.04 bits per heavy atom. The molecule has 0 aliphatic carbocycles. The number of carbonyl (C=O) groups is 4. The molecule has 1 unspecified atom stereocenters. The van der Waals surface area contributed by atoms with Crippen molar-refractivity contribution >= 4 is 47.8 Å². The van der Waals surface area contributed by atoms with Gasteiger partial charge in [0.15, 0.2) is 0 Å². The van der Waals surface area contributed by atoms with Crippen LogP contribution in [0, 0.1) is 11.3 Å². The minimum atomic E-state index is -5.85. The molecule has 15 nitrogen and oxygen atoms in total. The van der Waals surface area contributed by atoms with E-state index < -0.39 is 60.2 Å².